The summed E-state index contributed by atoms with van der Waals surface area (Å²) in [5.74, 6) is 0.691. The van der Waals surface area contributed by atoms with Crippen LogP contribution in [-0.4, -0.2) is 0 Å². The number of benzene rings is 4. The highest BCUT2D eigenvalue weighted by atomic mass is 14.3. The lowest BCUT2D eigenvalue weighted by atomic mass is 9.77. The summed E-state index contributed by atoms with van der Waals surface area (Å²) in [6.07, 6.45) is 24.9. The van der Waals surface area contributed by atoms with Crippen LogP contribution in [0.2, 0.25) is 0 Å². The van der Waals surface area contributed by atoms with Crippen molar-refractivity contribution in [2.45, 2.75) is 44.9 Å². The lowest BCUT2D eigenvalue weighted by Gasteiger charge is -2.27. The van der Waals surface area contributed by atoms with Crippen molar-refractivity contribution in [2.24, 2.45) is 5.92 Å². The van der Waals surface area contributed by atoms with Crippen LogP contribution >= 0.6 is 0 Å². The second-order valence-electron chi connectivity index (χ2n) is 11.7. The Balaban J connectivity index is 1.33. The Kier molecular flexibility index (Phi) is 5.80. The Morgan fingerprint density at radius 2 is 1.35 bits per heavy atom. The third kappa shape index (κ3) is 3.89. The standard InChI is InChI=1S/C40H34/c1-2-12-31-26-32(25-20-27(31)10-1)40-37-17-7-5-15-35(37)39(36-16-6-8-18-38(36)40)30-23-21-29(22-24-30)34-19-9-13-28-11-3-4-14-33(28)34/h1-5,7,11-18,21-24,26-27H,6,8-10,19-20,25H2. The fourth-order valence-electron chi connectivity index (χ4n) is 7.55. The molecule has 0 N–H and O–H groups in total. The van der Waals surface area contributed by atoms with E-state index in [0.717, 1.165) is 32.1 Å². The zero-order chi connectivity index (χ0) is 26.5. The highest BCUT2D eigenvalue weighted by Gasteiger charge is 2.23. The first-order valence-corrected chi connectivity index (χ1v) is 15.1. The Morgan fingerprint density at radius 3 is 2.20 bits per heavy atom. The van der Waals surface area contributed by atoms with E-state index in [1.807, 2.05) is 0 Å². The van der Waals surface area contributed by atoms with Crippen molar-refractivity contribution in [3.8, 4) is 11.1 Å². The summed E-state index contributed by atoms with van der Waals surface area (Å²) < 4.78 is 0. The number of hydrogen-bond donors (Lipinski definition) is 0. The van der Waals surface area contributed by atoms with Crippen LogP contribution in [0.25, 0.3) is 51.3 Å². The summed E-state index contributed by atoms with van der Waals surface area (Å²) in [6.45, 7) is 0. The van der Waals surface area contributed by atoms with Gasteiger partial charge in [0, 0.05) is 0 Å². The molecule has 4 aliphatic carbocycles. The van der Waals surface area contributed by atoms with Crippen LogP contribution in [0.3, 0.4) is 0 Å². The van der Waals surface area contributed by atoms with Gasteiger partial charge in [0.05, 0.1) is 0 Å². The van der Waals surface area contributed by atoms with Gasteiger partial charge < -0.3 is 0 Å². The lowest BCUT2D eigenvalue weighted by Crippen LogP contribution is -2.33. The molecule has 0 aromatic heterocycles. The molecular formula is C40H34. The Labute approximate surface area is 236 Å². The molecule has 0 spiro atoms. The SMILES string of the molecule is C1=CCC2CCC(c3c4c(c(-c5ccc(C6=c7ccccc7=CCC6)cc5)c5ccccc35)=CCCC=4)=CC2=C1. The Hall–Kier alpha value is -4.16. The predicted octanol–water partition coefficient (Wildman–Crippen LogP) is 7.31. The van der Waals surface area contributed by atoms with Crippen molar-refractivity contribution in [3.05, 3.63) is 135 Å². The van der Waals surface area contributed by atoms with E-state index < -0.39 is 0 Å². The molecule has 4 aromatic rings. The molecule has 0 heteroatoms. The average molecular weight is 515 g/mol. The molecule has 0 heterocycles. The monoisotopic (exact) mass is 514 g/mol. The van der Waals surface area contributed by atoms with Gasteiger partial charge in [-0.05, 0) is 121 Å². The predicted molar refractivity (Wildman–Crippen MR) is 171 cm³/mol. The maximum Gasteiger partial charge on any atom is -0.00297 e. The second kappa shape index (κ2) is 9.79. The summed E-state index contributed by atoms with van der Waals surface area (Å²) in [7, 11) is 0. The zero-order valence-corrected chi connectivity index (χ0v) is 23.0. The summed E-state index contributed by atoms with van der Waals surface area (Å²) in [4.78, 5) is 0. The van der Waals surface area contributed by atoms with E-state index in [9.17, 15) is 0 Å². The molecule has 4 aromatic carbocycles. The van der Waals surface area contributed by atoms with Crippen LogP contribution in [0, 0.1) is 5.92 Å². The van der Waals surface area contributed by atoms with Gasteiger partial charge in [-0.25, -0.2) is 0 Å². The van der Waals surface area contributed by atoms with Crippen molar-refractivity contribution in [1.82, 2.24) is 0 Å². The smallest absolute Gasteiger partial charge is 0.00297 e. The molecule has 194 valence electrons. The highest BCUT2D eigenvalue weighted by Crippen LogP contribution is 2.39. The van der Waals surface area contributed by atoms with Gasteiger partial charge in [-0.3, -0.25) is 0 Å². The van der Waals surface area contributed by atoms with Gasteiger partial charge in [0.1, 0.15) is 0 Å². The van der Waals surface area contributed by atoms with Crippen LogP contribution in [0.4, 0.5) is 0 Å². The molecule has 1 unspecified atom stereocenters. The number of fused-ring (bicyclic) bond motifs is 4. The third-order valence-corrected chi connectivity index (χ3v) is 9.47. The first-order chi connectivity index (χ1) is 19.8. The zero-order valence-electron chi connectivity index (χ0n) is 23.0. The first-order valence-electron chi connectivity index (χ1n) is 15.1. The van der Waals surface area contributed by atoms with Gasteiger partial charge in [-0.2, -0.15) is 0 Å². The van der Waals surface area contributed by atoms with Gasteiger partial charge in [-0.1, -0.05) is 115 Å². The fourth-order valence-corrected chi connectivity index (χ4v) is 7.55. The van der Waals surface area contributed by atoms with Crippen LogP contribution < -0.4 is 20.9 Å². The average Bonchev–Trinajstić information content (AvgIpc) is 3.03. The quantitative estimate of drug-likeness (QED) is 0.269. The normalized spacial score (nSPS) is 19.3. The van der Waals surface area contributed by atoms with Crippen LogP contribution in [-0.2, 0) is 0 Å². The van der Waals surface area contributed by atoms with E-state index in [-0.39, 0.29) is 0 Å². The molecule has 0 amide bonds. The number of rotatable bonds is 3. The minimum Gasteiger partial charge on any atom is -0.0839 e. The molecule has 0 bridgehead atoms. The summed E-state index contributed by atoms with van der Waals surface area (Å²) in [6, 6.07) is 27.5. The van der Waals surface area contributed by atoms with Crippen molar-refractivity contribution in [2.75, 3.05) is 0 Å². The van der Waals surface area contributed by atoms with E-state index in [4.69, 9.17) is 0 Å². The van der Waals surface area contributed by atoms with Crippen LogP contribution in [0.5, 0.6) is 0 Å². The van der Waals surface area contributed by atoms with Gasteiger partial charge in [-0.15, -0.1) is 0 Å². The van der Waals surface area contributed by atoms with Gasteiger partial charge in [0.2, 0.25) is 0 Å². The van der Waals surface area contributed by atoms with E-state index in [2.05, 4.69) is 115 Å². The second-order valence-corrected chi connectivity index (χ2v) is 11.7. The minimum atomic E-state index is 0.691. The number of hydrogen-bond acceptors (Lipinski definition) is 0. The van der Waals surface area contributed by atoms with Crippen LogP contribution in [0.15, 0.2) is 103 Å². The first kappa shape index (κ1) is 23.7. The van der Waals surface area contributed by atoms with Gasteiger partial charge in [0.25, 0.3) is 0 Å². The van der Waals surface area contributed by atoms with E-state index in [0.29, 0.717) is 5.92 Å². The minimum absolute atomic E-state index is 0.691. The largest absolute Gasteiger partial charge is 0.0839 e. The summed E-state index contributed by atoms with van der Waals surface area (Å²) >= 11 is 0. The summed E-state index contributed by atoms with van der Waals surface area (Å²) in [5.41, 5.74) is 10.0. The van der Waals surface area contributed by atoms with Gasteiger partial charge in [0.15, 0.2) is 0 Å². The lowest BCUT2D eigenvalue weighted by molar-refractivity contribution is 0.572. The Bertz CT molecular complexity index is 2010. The van der Waals surface area contributed by atoms with Crippen molar-refractivity contribution >= 4 is 40.1 Å². The van der Waals surface area contributed by atoms with Crippen molar-refractivity contribution < 1.29 is 0 Å². The van der Waals surface area contributed by atoms with E-state index in [1.165, 1.54) is 83.5 Å². The molecule has 0 aliphatic heterocycles. The third-order valence-electron chi connectivity index (χ3n) is 9.47. The highest BCUT2D eigenvalue weighted by molar-refractivity contribution is 6.04. The molecule has 0 fully saturated rings. The molecule has 0 nitrogen and oxygen atoms in total. The topological polar surface area (TPSA) is 0 Å². The molecule has 0 saturated heterocycles. The van der Waals surface area contributed by atoms with Crippen molar-refractivity contribution in [1.29, 1.82) is 0 Å². The summed E-state index contributed by atoms with van der Waals surface area (Å²) in [5, 5.41) is 8.42. The number of allylic oxidation sites excluding steroid dienone is 6. The fraction of sp³-hybridized carbons (Fsp3) is 0.200. The van der Waals surface area contributed by atoms with Crippen molar-refractivity contribution in [3.63, 3.8) is 0 Å². The molecule has 0 radical (unpaired) electrons. The molecule has 40 heavy (non-hydrogen) atoms. The maximum absolute atomic E-state index is 2.52. The molecule has 1 atom stereocenters. The molecule has 8 rings (SSSR count). The maximum atomic E-state index is 2.52. The Morgan fingerprint density at radius 1 is 0.625 bits per heavy atom. The molecule has 0 saturated carbocycles. The molecule has 4 aliphatic rings. The van der Waals surface area contributed by atoms with Crippen LogP contribution in [0.1, 0.15) is 56.1 Å². The van der Waals surface area contributed by atoms with E-state index in [1.54, 1.807) is 0 Å². The molecular weight excluding hydrogens is 480 g/mol. The van der Waals surface area contributed by atoms with E-state index >= 15 is 0 Å². The van der Waals surface area contributed by atoms with Gasteiger partial charge >= 0.3 is 0 Å².